The monoisotopic (exact) mass is 313 g/mol. The fraction of sp³-hybridized carbons (Fsp3) is 0.632. The first-order chi connectivity index (χ1) is 11.2. The van der Waals surface area contributed by atoms with Gasteiger partial charge in [0.1, 0.15) is 5.69 Å². The van der Waals surface area contributed by atoms with E-state index in [0.717, 1.165) is 24.2 Å². The van der Waals surface area contributed by atoms with E-state index in [4.69, 9.17) is 4.74 Å². The number of nitrogens with zero attached hydrogens (tertiary/aromatic N) is 1. The molecule has 1 aromatic carbocycles. The van der Waals surface area contributed by atoms with E-state index in [9.17, 15) is 9.70 Å². The molecule has 0 amide bonds. The van der Waals surface area contributed by atoms with E-state index >= 15 is 0 Å². The number of hydrogen-bond acceptors (Lipinski definition) is 4. The van der Waals surface area contributed by atoms with Gasteiger partial charge in [0.2, 0.25) is 0 Å². The average molecular weight is 313 g/mol. The molecule has 0 heterocycles. The van der Waals surface area contributed by atoms with E-state index in [-0.39, 0.29) is 5.97 Å². The maximum Gasteiger partial charge on any atom is 0.338 e. The van der Waals surface area contributed by atoms with Crippen LogP contribution in [0.3, 0.4) is 0 Å². The third-order valence-electron chi connectivity index (χ3n) is 6.24. The Balaban J connectivity index is 1.33. The number of carbonyl (C=O) groups excluding carboxylic acids is 1. The van der Waals surface area contributed by atoms with E-state index in [0.29, 0.717) is 23.3 Å². The van der Waals surface area contributed by atoms with Crippen molar-refractivity contribution in [3.8, 4) is 0 Å². The molecule has 0 atom stereocenters. The molecule has 4 aliphatic carbocycles. The van der Waals surface area contributed by atoms with E-state index in [1.54, 1.807) is 24.3 Å². The van der Waals surface area contributed by atoms with Crippen LogP contribution in [0.2, 0.25) is 0 Å². The van der Waals surface area contributed by atoms with Gasteiger partial charge in [-0.25, -0.2) is 4.79 Å². The number of ether oxygens (including phenoxy) is 1. The van der Waals surface area contributed by atoms with Crippen LogP contribution in [0.5, 0.6) is 0 Å². The van der Waals surface area contributed by atoms with Gasteiger partial charge < -0.3 is 4.74 Å². The first kappa shape index (κ1) is 14.9. The molecule has 4 fully saturated rings. The van der Waals surface area contributed by atoms with Crippen LogP contribution in [-0.4, -0.2) is 12.6 Å². The van der Waals surface area contributed by atoms with Crippen LogP contribution in [0.4, 0.5) is 5.69 Å². The van der Waals surface area contributed by atoms with E-state index in [2.05, 4.69) is 5.18 Å². The van der Waals surface area contributed by atoms with Crippen molar-refractivity contribution in [2.24, 2.45) is 28.3 Å². The van der Waals surface area contributed by atoms with Gasteiger partial charge >= 0.3 is 5.97 Å². The van der Waals surface area contributed by atoms with Crippen LogP contribution in [0.1, 0.15) is 55.3 Å². The van der Waals surface area contributed by atoms with Crippen molar-refractivity contribution in [3.63, 3.8) is 0 Å². The number of carbonyl (C=O) groups is 1. The summed E-state index contributed by atoms with van der Waals surface area (Å²) in [6, 6.07) is 6.29. The van der Waals surface area contributed by atoms with Crippen LogP contribution in [0.25, 0.3) is 0 Å². The quantitative estimate of drug-likeness (QED) is 0.577. The first-order valence-electron chi connectivity index (χ1n) is 8.76. The minimum Gasteiger partial charge on any atom is -0.462 e. The molecule has 5 rings (SSSR count). The molecule has 1 aromatic rings. The molecule has 0 aromatic heterocycles. The summed E-state index contributed by atoms with van der Waals surface area (Å²) < 4.78 is 5.49. The van der Waals surface area contributed by atoms with Crippen molar-refractivity contribution in [1.82, 2.24) is 0 Å². The number of benzene rings is 1. The van der Waals surface area contributed by atoms with Gasteiger partial charge in [-0.3, -0.25) is 0 Å². The Morgan fingerprint density at radius 3 is 2.13 bits per heavy atom. The van der Waals surface area contributed by atoms with E-state index in [1.807, 2.05) is 0 Å². The second-order valence-corrected chi connectivity index (χ2v) is 7.94. The van der Waals surface area contributed by atoms with Crippen molar-refractivity contribution in [1.29, 1.82) is 0 Å². The van der Waals surface area contributed by atoms with Crippen LogP contribution in [-0.2, 0) is 4.74 Å². The normalized spacial score (nSPS) is 34.3. The highest BCUT2D eigenvalue weighted by Crippen LogP contribution is 2.61. The minimum absolute atomic E-state index is 0.299. The largest absolute Gasteiger partial charge is 0.462 e. The lowest BCUT2D eigenvalue weighted by Gasteiger charge is -2.57. The maximum atomic E-state index is 12.1. The lowest BCUT2D eigenvalue weighted by molar-refractivity contribution is -0.0653. The zero-order valence-corrected chi connectivity index (χ0v) is 13.4. The van der Waals surface area contributed by atoms with Crippen LogP contribution in [0.15, 0.2) is 29.4 Å². The SMILES string of the molecule is O=Nc1ccc(C(=O)OCCC23CC4CC(CC(C4)C2)C3)cc1. The number of rotatable bonds is 5. The zero-order valence-electron chi connectivity index (χ0n) is 13.4. The highest BCUT2D eigenvalue weighted by atomic mass is 16.5. The molecule has 4 aliphatic rings. The highest BCUT2D eigenvalue weighted by Gasteiger charge is 2.50. The van der Waals surface area contributed by atoms with E-state index in [1.165, 1.54) is 38.5 Å². The summed E-state index contributed by atoms with van der Waals surface area (Å²) >= 11 is 0. The number of hydrogen-bond donors (Lipinski definition) is 0. The smallest absolute Gasteiger partial charge is 0.338 e. The second-order valence-electron chi connectivity index (χ2n) is 7.94. The third kappa shape index (κ3) is 2.91. The second kappa shape index (κ2) is 5.73. The molecule has 4 nitrogen and oxygen atoms in total. The van der Waals surface area contributed by atoms with E-state index < -0.39 is 0 Å². The van der Waals surface area contributed by atoms with Crippen molar-refractivity contribution < 1.29 is 9.53 Å². The standard InChI is InChI=1S/C19H23NO3/c21-18(16-1-3-17(20-22)4-2-16)23-6-5-19-10-13-7-14(11-19)9-15(8-13)12-19/h1-4,13-15H,5-12H2. The van der Waals surface area contributed by atoms with Gasteiger partial charge in [0.25, 0.3) is 0 Å². The predicted molar refractivity (Wildman–Crippen MR) is 87.4 cm³/mol. The van der Waals surface area contributed by atoms with Gasteiger partial charge in [-0.2, -0.15) is 0 Å². The topological polar surface area (TPSA) is 55.7 Å². The molecule has 0 unspecified atom stereocenters. The Morgan fingerprint density at radius 1 is 1.04 bits per heavy atom. The highest BCUT2D eigenvalue weighted by molar-refractivity contribution is 5.89. The summed E-state index contributed by atoms with van der Waals surface area (Å²) in [4.78, 5) is 22.5. The minimum atomic E-state index is -0.299. The van der Waals surface area contributed by atoms with Crippen molar-refractivity contribution in [2.75, 3.05) is 6.61 Å². The average Bonchev–Trinajstić information content (AvgIpc) is 2.53. The summed E-state index contributed by atoms with van der Waals surface area (Å²) in [5, 5.41) is 2.84. The summed E-state index contributed by atoms with van der Waals surface area (Å²) in [7, 11) is 0. The Labute approximate surface area is 136 Å². The van der Waals surface area contributed by atoms with Crippen LogP contribution >= 0.6 is 0 Å². The number of nitroso groups, excluding NO2 is 1. The summed E-state index contributed by atoms with van der Waals surface area (Å²) in [5.74, 6) is 2.49. The van der Waals surface area contributed by atoms with Crippen molar-refractivity contribution in [2.45, 2.75) is 44.9 Å². The molecule has 122 valence electrons. The summed E-state index contributed by atoms with van der Waals surface area (Å²) in [5.41, 5.74) is 1.26. The summed E-state index contributed by atoms with van der Waals surface area (Å²) in [6.45, 7) is 0.513. The molecule has 0 spiro atoms. The molecule has 4 heteroatoms. The molecule has 4 bridgehead atoms. The molecule has 0 saturated heterocycles. The maximum absolute atomic E-state index is 12.1. The Hall–Kier alpha value is -1.71. The lowest BCUT2D eigenvalue weighted by Crippen LogP contribution is -2.46. The molecule has 0 N–H and O–H groups in total. The van der Waals surface area contributed by atoms with Crippen molar-refractivity contribution >= 4 is 11.7 Å². The zero-order chi connectivity index (χ0) is 15.9. The van der Waals surface area contributed by atoms with Gasteiger partial charge in [-0.1, -0.05) is 0 Å². The molecule has 0 aliphatic heterocycles. The van der Waals surface area contributed by atoms with Crippen LogP contribution < -0.4 is 0 Å². The third-order valence-corrected chi connectivity index (χ3v) is 6.24. The lowest BCUT2D eigenvalue weighted by atomic mass is 9.49. The van der Waals surface area contributed by atoms with Gasteiger partial charge in [-0.15, -0.1) is 4.91 Å². The molecular weight excluding hydrogens is 290 g/mol. The van der Waals surface area contributed by atoms with Gasteiger partial charge in [0.05, 0.1) is 12.2 Å². The summed E-state index contributed by atoms with van der Waals surface area (Å²) in [6.07, 6.45) is 9.36. The predicted octanol–water partition coefficient (Wildman–Crippen LogP) is 4.85. The van der Waals surface area contributed by atoms with Crippen LogP contribution in [0, 0.1) is 28.1 Å². The Bertz CT molecular complexity index is 572. The fourth-order valence-electron chi connectivity index (χ4n) is 5.70. The fourth-order valence-corrected chi connectivity index (χ4v) is 5.70. The molecule has 23 heavy (non-hydrogen) atoms. The van der Waals surface area contributed by atoms with Gasteiger partial charge in [0.15, 0.2) is 0 Å². The van der Waals surface area contributed by atoms with Gasteiger partial charge in [0, 0.05) is 0 Å². The Morgan fingerprint density at radius 2 is 1.61 bits per heavy atom. The molecule has 0 radical (unpaired) electrons. The molecule has 4 saturated carbocycles. The number of esters is 1. The Kier molecular flexibility index (Phi) is 3.70. The molecular formula is C19H23NO3. The van der Waals surface area contributed by atoms with Gasteiger partial charge in [-0.05, 0) is 97.6 Å². The van der Waals surface area contributed by atoms with Crippen molar-refractivity contribution in [3.05, 3.63) is 34.7 Å². The first-order valence-corrected chi connectivity index (χ1v) is 8.76.